The molecule has 2 rings (SSSR count). The highest BCUT2D eigenvalue weighted by Gasteiger charge is 2.37. The van der Waals surface area contributed by atoms with Crippen LogP contribution < -0.4 is 5.32 Å². The van der Waals surface area contributed by atoms with E-state index < -0.39 is 0 Å². The number of hydrogen-bond acceptors (Lipinski definition) is 3. The van der Waals surface area contributed by atoms with Crippen LogP contribution in [0.5, 0.6) is 0 Å². The van der Waals surface area contributed by atoms with E-state index in [-0.39, 0.29) is 0 Å². The first-order valence-corrected chi connectivity index (χ1v) is 9.23. The third-order valence-corrected chi connectivity index (χ3v) is 5.57. The van der Waals surface area contributed by atoms with E-state index in [4.69, 9.17) is 0 Å². The van der Waals surface area contributed by atoms with E-state index in [0.29, 0.717) is 18.1 Å². The van der Waals surface area contributed by atoms with Crippen LogP contribution in [0.4, 0.5) is 0 Å². The van der Waals surface area contributed by atoms with Crippen LogP contribution in [0.1, 0.15) is 71.6 Å². The van der Waals surface area contributed by atoms with Crippen LogP contribution in [-0.2, 0) is 0 Å². The summed E-state index contributed by atoms with van der Waals surface area (Å²) in [6.45, 7) is 8.01. The maximum atomic E-state index is 9.49. The molecule has 0 spiro atoms. The summed E-state index contributed by atoms with van der Waals surface area (Å²) in [5.41, 5.74) is 0.455. The summed E-state index contributed by atoms with van der Waals surface area (Å²) in [7, 11) is 0. The molecule has 0 aromatic heterocycles. The lowest BCUT2D eigenvalue weighted by molar-refractivity contribution is 0.0699. The third-order valence-electron chi connectivity index (χ3n) is 5.57. The fourth-order valence-electron chi connectivity index (χ4n) is 4.33. The zero-order chi connectivity index (χ0) is 15.1. The summed E-state index contributed by atoms with van der Waals surface area (Å²) in [6, 6.07) is 1.30. The molecule has 0 unspecified atom stereocenters. The van der Waals surface area contributed by atoms with E-state index in [9.17, 15) is 5.11 Å². The molecule has 0 heterocycles. The number of aliphatic hydroxyl groups excluding tert-OH is 1. The zero-order valence-electron chi connectivity index (χ0n) is 14.2. The summed E-state index contributed by atoms with van der Waals surface area (Å²) in [5, 5.41) is 13.2. The van der Waals surface area contributed by atoms with E-state index in [1.54, 1.807) is 0 Å². The van der Waals surface area contributed by atoms with Crippen molar-refractivity contribution in [2.24, 2.45) is 5.41 Å². The summed E-state index contributed by atoms with van der Waals surface area (Å²) >= 11 is 0. The van der Waals surface area contributed by atoms with Crippen LogP contribution in [0.15, 0.2) is 0 Å². The number of hydrogen-bond donors (Lipinski definition) is 2. The van der Waals surface area contributed by atoms with Crippen molar-refractivity contribution in [1.82, 2.24) is 10.2 Å². The molecule has 2 aliphatic carbocycles. The van der Waals surface area contributed by atoms with Gasteiger partial charge in [-0.05, 0) is 31.1 Å². The topological polar surface area (TPSA) is 35.5 Å². The minimum absolute atomic E-state index is 0.310. The van der Waals surface area contributed by atoms with Gasteiger partial charge >= 0.3 is 0 Å². The predicted molar refractivity (Wildman–Crippen MR) is 89.6 cm³/mol. The summed E-state index contributed by atoms with van der Waals surface area (Å²) in [6.07, 6.45) is 12.3. The molecule has 0 saturated heterocycles. The second kappa shape index (κ2) is 8.50. The van der Waals surface area contributed by atoms with Gasteiger partial charge in [0.1, 0.15) is 0 Å². The normalized spacial score (nSPS) is 23.3. The monoisotopic (exact) mass is 296 g/mol. The molecule has 0 atom stereocenters. The van der Waals surface area contributed by atoms with Crippen LogP contribution in [-0.4, -0.2) is 48.3 Å². The molecular weight excluding hydrogens is 260 g/mol. The van der Waals surface area contributed by atoms with Gasteiger partial charge in [-0.1, -0.05) is 46.0 Å². The molecule has 3 heteroatoms. The average molecular weight is 296 g/mol. The molecule has 2 N–H and O–H groups in total. The quantitative estimate of drug-likeness (QED) is 0.722. The van der Waals surface area contributed by atoms with E-state index in [1.807, 2.05) is 0 Å². The Hall–Kier alpha value is -0.120. The van der Waals surface area contributed by atoms with Gasteiger partial charge in [-0.15, -0.1) is 0 Å². The molecule has 3 nitrogen and oxygen atoms in total. The van der Waals surface area contributed by atoms with Gasteiger partial charge < -0.3 is 10.4 Å². The second-order valence-corrected chi connectivity index (χ2v) is 7.73. The lowest BCUT2D eigenvalue weighted by atomic mass is 9.83. The molecule has 0 aliphatic heterocycles. The molecule has 2 saturated carbocycles. The minimum atomic E-state index is 0.310. The average Bonchev–Trinajstić information content (AvgIpc) is 2.95. The van der Waals surface area contributed by atoms with Crippen LogP contribution in [0.25, 0.3) is 0 Å². The standard InChI is InChI=1S/C18H36N2O/c1-16(2)19-14-18(10-6-7-11-18)15-20(12-13-21)17-8-4-3-5-9-17/h16-17,19,21H,3-15H2,1-2H3. The molecule has 0 aromatic rings. The van der Waals surface area contributed by atoms with E-state index in [0.717, 1.165) is 19.1 Å². The molecule has 124 valence electrons. The SMILES string of the molecule is CC(C)NCC1(CN(CCO)C2CCCCC2)CCCC1. The maximum absolute atomic E-state index is 9.49. The summed E-state index contributed by atoms with van der Waals surface area (Å²) in [5.74, 6) is 0. The van der Waals surface area contributed by atoms with Crippen molar-refractivity contribution in [2.75, 3.05) is 26.2 Å². The van der Waals surface area contributed by atoms with Crippen LogP contribution in [0.3, 0.4) is 0 Å². The molecule has 0 radical (unpaired) electrons. The van der Waals surface area contributed by atoms with Crippen molar-refractivity contribution in [2.45, 2.75) is 83.7 Å². The largest absolute Gasteiger partial charge is 0.395 e. The Bertz CT molecular complexity index is 281. The summed E-state index contributed by atoms with van der Waals surface area (Å²) < 4.78 is 0. The van der Waals surface area contributed by atoms with Gasteiger partial charge in [0.15, 0.2) is 0 Å². The fraction of sp³-hybridized carbons (Fsp3) is 1.00. The van der Waals surface area contributed by atoms with Gasteiger partial charge in [-0.25, -0.2) is 0 Å². The van der Waals surface area contributed by atoms with Gasteiger partial charge in [0.25, 0.3) is 0 Å². The first-order chi connectivity index (χ1) is 10.2. The highest BCUT2D eigenvalue weighted by Crippen LogP contribution is 2.39. The molecule has 2 aliphatic rings. The summed E-state index contributed by atoms with van der Waals surface area (Å²) in [4.78, 5) is 2.63. The second-order valence-electron chi connectivity index (χ2n) is 7.73. The highest BCUT2D eigenvalue weighted by atomic mass is 16.3. The smallest absolute Gasteiger partial charge is 0.0558 e. The van der Waals surface area contributed by atoms with Gasteiger partial charge in [-0.3, -0.25) is 4.90 Å². The predicted octanol–water partition coefficient (Wildman–Crippen LogP) is 3.17. The zero-order valence-corrected chi connectivity index (χ0v) is 14.2. The number of nitrogens with one attached hydrogen (secondary N) is 1. The van der Waals surface area contributed by atoms with Crippen LogP contribution in [0.2, 0.25) is 0 Å². The third kappa shape index (κ3) is 5.22. The Morgan fingerprint density at radius 2 is 1.76 bits per heavy atom. The molecule has 2 fully saturated rings. The van der Waals surface area contributed by atoms with Gasteiger partial charge in [0.2, 0.25) is 0 Å². The lowest BCUT2D eigenvalue weighted by Gasteiger charge is -2.41. The number of nitrogens with zero attached hydrogens (tertiary/aromatic N) is 1. The first kappa shape index (κ1) is 17.2. The number of aliphatic hydroxyl groups is 1. The maximum Gasteiger partial charge on any atom is 0.0558 e. The van der Waals surface area contributed by atoms with Crippen LogP contribution >= 0.6 is 0 Å². The Labute approximate surface area is 131 Å². The Morgan fingerprint density at radius 3 is 2.33 bits per heavy atom. The minimum Gasteiger partial charge on any atom is -0.395 e. The molecule has 0 bridgehead atoms. The van der Waals surface area contributed by atoms with Crippen molar-refractivity contribution >= 4 is 0 Å². The van der Waals surface area contributed by atoms with E-state index in [1.165, 1.54) is 64.3 Å². The van der Waals surface area contributed by atoms with Crippen molar-refractivity contribution in [3.8, 4) is 0 Å². The van der Waals surface area contributed by atoms with Gasteiger partial charge in [-0.2, -0.15) is 0 Å². The molecule has 0 aromatic carbocycles. The Balaban J connectivity index is 1.97. The molecule has 21 heavy (non-hydrogen) atoms. The fourth-order valence-corrected chi connectivity index (χ4v) is 4.33. The van der Waals surface area contributed by atoms with Crippen LogP contribution in [0, 0.1) is 5.41 Å². The van der Waals surface area contributed by atoms with Gasteiger partial charge in [0, 0.05) is 31.7 Å². The first-order valence-electron chi connectivity index (χ1n) is 9.23. The van der Waals surface area contributed by atoms with E-state index >= 15 is 0 Å². The molecular formula is C18H36N2O. The molecule has 0 amide bonds. The van der Waals surface area contributed by atoms with Gasteiger partial charge in [0.05, 0.1) is 6.61 Å². The highest BCUT2D eigenvalue weighted by molar-refractivity contribution is 4.91. The van der Waals surface area contributed by atoms with E-state index in [2.05, 4.69) is 24.1 Å². The van der Waals surface area contributed by atoms with Crippen molar-refractivity contribution in [3.63, 3.8) is 0 Å². The lowest BCUT2D eigenvalue weighted by Crippen LogP contribution is -2.49. The Kier molecular flexibility index (Phi) is 6.97. The van der Waals surface area contributed by atoms with Crippen molar-refractivity contribution in [1.29, 1.82) is 0 Å². The van der Waals surface area contributed by atoms with Crippen molar-refractivity contribution in [3.05, 3.63) is 0 Å². The van der Waals surface area contributed by atoms with Crippen molar-refractivity contribution < 1.29 is 5.11 Å². The Morgan fingerprint density at radius 1 is 1.10 bits per heavy atom. The number of rotatable bonds is 8.